The number of hydrogen-bond donors (Lipinski definition) is 0. The first kappa shape index (κ1) is 11.9. The molecule has 1 aromatic rings. The summed E-state index contributed by atoms with van der Waals surface area (Å²) in [4.78, 5) is 13.9. The zero-order valence-corrected chi connectivity index (χ0v) is 10.2. The first-order valence-electron chi connectivity index (χ1n) is 5.65. The summed E-state index contributed by atoms with van der Waals surface area (Å²) in [5.74, 6) is 0.127. The molecule has 0 aromatic heterocycles. The molecule has 0 saturated carbocycles. The van der Waals surface area contributed by atoms with E-state index in [9.17, 15) is 4.79 Å². The highest BCUT2D eigenvalue weighted by Gasteiger charge is 2.23. The highest BCUT2D eigenvalue weighted by Crippen LogP contribution is 2.19. The van der Waals surface area contributed by atoms with Crippen molar-refractivity contribution >= 4 is 17.5 Å². The predicted molar refractivity (Wildman–Crippen MR) is 65.7 cm³/mol. The molecule has 1 saturated heterocycles. The lowest BCUT2D eigenvalue weighted by molar-refractivity contribution is 0.0707. The second-order valence-corrected chi connectivity index (χ2v) is 4.64. The van der Waals surface area contributed by atoms with Crippen LogP contribution in [0.1, 0.15) is 23.2 Å². The van der Waals surface area contributed by atoms with Crippen molar-refractivity contribution in [1.29, 1.82) is 5.26 Å². The number of nitriles is 1. The van der Waals surface area contributed by atoms with Gasteiger partial charge < -0.3 is 4.90 Å². The Labute approximate surface area is 106 Å². The van der Waals surface area contributed by atoms with Crippen molar-refractivity contribution in [1.82, 2.24) is 4.90 Å². The summed E-state index contributed by atoms with van der Waals surface area (Å²) in [6.45, 7) is 1.33. The molecule has 0 N–H and O–H groups in total. The molecule has 2 rings (SSSR count). The number of carbonyl (C=O) groups excluding carboxylic acids is 1. The smallest absolute Gasteiger partial charge is 0.253 e. The molecular formula is C13H13ClN2O. The molecule has 1 aliphatic heterocycles. The van der Waals surface area contributed by atoms with Crippen molar-refractivity contribution in [2.24, 2.45) is 5.92 Å². The summed E-state index contributed by atoms with van der Waals surface area (Å²) < 4.78 is 0. The molecule has 1 fully saturated rings. The SMILES string of the molecule is N#CC1CCN(C(=O)c2ccc(Cl)cc2)CC1. The third kappa shape index (κ3) is 2.78. The molecule has 17 heavy (non-hydrogen) atoms. The van der Waals surface area contributed by atoms with E-state index in [1.54, 1.807) is 29.2 Å². The Morgan fingerprint density at radius 1 is 1.29 bits per heavy atom. The minimum Gasteiger partial charge on any atom is -0.339 e. The van der Waals surface area contributed by atoms with Crippen LogP contribution in [0.3, 0.4) is 0 Å². The molecule has 4 heteroatoms. The molecule has 1 aromatic carbocycles. The molecule has 3 nitrogen and oxygen atoms in total. The fourth-order valence-corrected chi connectivity index (χ4v) is 2.11. The summed E-state index contributed by atoms with van der Waals surface area (Å²) >= 11 is 5.78. The molecule has 0 atom stereocenters. The second kappa shape index (κ2) is 5.20. The highest BCUT2D eigenvalue weighted by atomic mass is 35.5. The number of amides is 1. The van der Waals surface area contributed by atoms with Crippen LogP contribution in [-0.4, -0.2) is 23.9 Å². The van der Waals surface area contributed by atoms with Crippen molar-refractivity contribution in [3.8, 4) is 6.07 Å². The Bertz CT molecular complexity index is 441. The summed E-state index contributed by atoms with van der Waals surface area (Å²) in [5, 5.41) is 9.42. The summed E-state index contributed by atoms with van der Waals surface area (Å²) in [7, 11) is 0. The summed E-state index contributed by atoms with van der Waals surface area (Å²) in [6, 6.07) is 9.17. The number of halogens is 1. The van der Waals surface area contributed by atoms with Crippen molar-refractivity contribution < 1.29 is 4.79 Å². The lowest BCUT2D eigenvalue weighted by atomic mass is 9.98. The van der Waals surface area contributed by atoms with Gasteiger partial charge in [0, 0.05) is 29.6 Å². The van der Waals surface area contributed by atoms with Gasteiger partial charge >= 0.3 is 0 Å². The average Bonchev–Trinajstić information content (AvgIpc) is 2.39. The summed E-state index contributed by atoms with van der Waals surface area (Å²) in [6.07, 6.45) is 1.55. The fourth-order valence-electron chi connectivity index (χ4n) is 1.99. The predicted octanol–water partition coefficient (Wildman–Crippen LogP) is 2.72. The number of nitrogens with zero attached hydrogens (tertiary/aromatic N) is 2. The fraction of sp³-hybridized carbons (Fsp3) is 0.385. The minimum atomic E-state index is 0.0260. The van der Waals surface area contributed by atoms with Gasteiger partial charge in [0.05, 0.1) is 6.07 Å². The van der Waals surface area contributed by atoms with Crippen molar-refractivity contribution in [2.45, 2.75) is 12.8 Å². The van der Waals surface area contributed by atoms with Crippen LogP contribution < -0.4 is 0 Å². The molecule has 1 aliphatic rings. The largest absolute Gasteiger partial charge is 0.339 e. The van der Waals surface area contributed by atoms with Gasteiger partial charge in [-0.15, -0.1) is 0 Å². The molecule has 1 amide bonds. The van der Waals surface area contributed by atoms with Gasteiger partial charge in [-0.1, -0.05) is 11.6 Å². The maximum Gasteiger partial charge on any atom is 0.253 e. The first-order chi connectivity index (χ1) is 8.20. The standard InChI is InChI=1S/C13H13ClN2O/c14-12-3-1-11(2-4-12)13(17)16-7-5-10(9-15)6-8-16/h1-4,10H,5-8H2. The van der Waals surface area contributed by atoms with Crippen LogP contribution in [0.15, 0.2) is 24.3 Å². The van der Waals surface area contributed by atoms with Crippen molar-refractivity contribution in [3.63, 3.8) is 0 Å². The monoisotopic (exact) mass is 248 g/mol. The van der Waals surface area contributed by atoms with E-state index < -0.39 is 0 Å². The van der Waals surface area contributed by atoms with Crippen LogP contribution in [0.5, 0.6) is 0 Å². The van der Waals surface area contributed by atoms with Gasteiger partial charge in [0.1, 0.15) is 0 Å². The van der Waals surface area contributed by atoms with E-state index in [2.05, 4.69) is 6.07 Å². The Hall–Kier alpha value is -1.53. The topological polar surface area (TPSA) is 44.1 Å². The molecule has 1 heterocycles. The van der Waals surface area contributed by atoms with Gasteiger partial charge in [0.25, 0.3) is 5.91 Å². The van der Waals surface area contributed by atoms with Crippen molar-refractivity contribution in [2.75, 3.05) is 13.1 Å². The average molecular weight is 249 g/mol. The van der Waals surface area contributed by atoms with E-state index in [0.717, 1.165) is 12.8 Å². The Balaban J connectivity index is 2.02. The van der Waals surface area contributed by atoms with Crippen LogP contribution in [0, 0.1) is 17.2 Å². The number of carbonyl (C=O) groups is 1. The van der Waals surface area contributed by atoms with E-state index in [0.29, 0.717) is 23.7 Å². The molecule has 0 bridgehead atoms. The Morgan fingerprint density at radius 2 is 1.88 bits per heavy atom. The van der Waals surface area contributed by atoms with E-state index in [1.165, 1.54) is 0 Å². The quantitative estimate of drug-likeness (QED) is 0.767. The normalized spacial score (nSPS) is 16.6. The van der Waals surface area contributed by atoms with E-state index in [4.69, 9.17) is 16.9 Å². The number of likely N-dealkylation sites (tertiary alicyclic amines) is 1. The molecule has 0 unspecified atom stereocenters. The van der Waals surface area contributed by atoms with E-state index in [1.807, 2.05) is 0 Å². The van der Waals surface area contributed by atoms with Gasteiger partial charge in [-0.05, 0) is 37.1 Å². The molecule has 0 spiro atoms. The molecular weight excluding hydrogens is 236 g/mol. The van der Waals surface area contributed by atoms with Gasteiger partial charge in [-0.3, -0.25) is 4.79 Å². The molecule has 0 aliphatic carbocycles. The van der Waals surface area contributed by atoms with Gasteiger partial charge in [-0.25, -0.2) is 0 Å². The van der Waals surface area contributed by atoms with E-state index >= 15 is 0 Å². The van der Waals surface area contributed by atoms with Gasteiger partial charge in [0.2, 0.25) is 0 Å². The van der Waals surface area contributed by atoms with E-state index in [-0.39, 0.29) is 11.8 Å². The van der Waals surface area contributed by atoms with Crippen LogP contribution in [0.25, 0.3) is 0 Å². The van der Waals surface area contributed by atoms with Crippen molar-refractivity contribution in [3.05, 3.63) is 34.9 Å². The maximum atomic E-state index is 12.1. The second-order valence-electron chi connectivity index (χ2n) is 4.20. The molecule has 0 radical (unpaired) electrons. The first-order valence-corrected chi connectivity index (χ1v) is 6.03. The number of piperidine rings is 1. The maximum absolute atomic E-state index is 12.1. The van der Waals surface area contributed by atoms with Gasteiger partial charge in [-0.2, -0.15) is 5.26 Å². The third-order valence-corrected chi connectivity index (χ3v) is 3.31. The lowest BCUT2D eigenvalue weighted by Crippen LogP contribution is -2.38. The van der Waals surface area contributed by atoms with Gasteiger partial charge in [0.15, 0.2) is 0 Å². The zero-order chi connectivity index (χ0) is 12.3. The lowest BCUT2D eigenvalue weighted by Gasteiger charge is -2.29. The number of hydrogen-bond acceptors (Lipinski definition) is 2. The third-order valence-electron chi connectivity index (χ3n) is 3.06. The Morgan fingerprint density at radius 3 is 2.41 bits per heavy atom. The summed E-state index contributed by atoms with van der Waals surface area (Å²) in [5.41, 5.74) is 0.657. The zero-order valence-electron chi connectivity index (χ0n) is 9.40. The highest BCUT2D eigenvalue weighted by molar-refractivity contribution is 6.30. The Kier molecular flexibility index (Phi) is 3.65. The molecule has 88 valence electrons. The van der Waals surface area contributed by atoms with Crippen LogP contribution >= 0.6 is 11.6 Å². The van der Waals surface area contributed by atoms with Crippen LogP contribution in [-0.2, 0) is 0 Å². The minimum absolute atomic E-state index is 0.0260. The van der Waals surface area contributed by atoms with Crippen LogP contribution in [0.2, 0.25) is 5.02 Å². The van der Waals surface area contributed by atoms with Crippen LogP contribution in [0.4, 0.5) is 0 Å². The number of rotatable bonds is 1. The number of benzene rings is 1.